The number of nitrogens with one attached hydrogen (secondary N) is 2. The molecular weight excluding hydrogens is 296 g/mol. The zero-order chi connectivity index (χ0) is 12.8. The number of hydrogen-bond acceptors (Lipinski definition) is 5. The second-order valence-electron chi connectivity index (χ2n) is 4.33. The van der Waals surface area contributed by atoms with Crippen molar-refractivity contribution in [1.82, 2.24) is 9.97 Å². The molecule has 1 aromatic heterocycles. The molecule has 1 fully saturated rings. The quantitative estimate of drug-likeness (QED) is 0.845. The maximum absolute atomic E-state index is 5.57. The molecule has 1 atom stereocenters. The largest absolute Gasteiger partial charge is 0.376 e. The number of ether oxygens (including phenoxy) is 1. The van der Waals surface area contributed by atoms with Gasteiger partial charge in [-0.3, -0.25) is 0 Å². The Kier molecular flexibility index (Phi) is 5.19. The van der Waals surface area contributed by atoms with Crippen LogP contribution in [0.15, 0.2) is 10.7 Å². The molecule has 2 heterocycles. The molecule has 1 unspecified atom stereocenters. The van der Waals surface area contributed by atoms with Crippen molar-refractivity contribution in [2.45, 2.75) is 32.3 Å². The van der Waals surface area contributed by atoms with Gasteiger partial charge in [0.25, 0.3) is 0 Å². The van der Waals surface area contributed by atoms with Crippen molar-refractivity contribution < 1.29 is 4.74 Å². The van der Waals surface area contributed by atoms with Crippen LogP contribution in [0, 0.1) is 0 Å². The fourth-order valence-corrected chi connectivity index (χ4v) is 2.16. The molecular formula is C12H19BrN4O. The van der Waals surface area contributed by atoms with Crippen LogP contribution in [0.4, 0.5) is 11.8 Å². The molecule has 1 saturated heterocycles. The monoisotopic (exact) mass is 314 g/mol. The Morgan fingerprint density at radius 2 is 2.39 bits per heavy atom. The predicted octanol–water partition coefficient (Wildman–Crippen LogP) is 2.65. The van der Waals surface area contributed by atoms with Gasteiger partial charge in [-0.2, -0.15) is 4.98 Å². The van der Waals surface area contributed by atoms with E-state index in [2.05, 4.69) is 43.5 Å². The topological polar surface area (TPSA) is 59.1 Å². The van der Waals surface area contributed by atoms with Crippen molar-refractivity contribution in [3.8, 4) is 0 Å². The fraction of sp³-hybridized carbons (Fsp3) is 0.667. The third-order valence-corrected chi connectivity index (χ3v) is 3.38. The van der Waals surface area contributed by atoms with Crippen LogP contribution >= 0.6 is 15.9 Å². The van der Waals surface area contributed by atoms with Gasteiger partial charge in [-0.1, -0.05) is 6.92 Å². The molecule has 1 aromatic rings. The van der Waals surface area contributed by atoms with E-state index < -0.39 is 0 Å². The van der Waals surface area contributed by atoms with Gasteiger partial charge in [0.05, 0.1) is 10.6 Å². The van der Waals surface area contributed by atoms with Crippen molar-refractivity contribution in [1.29, 1.82) is 0 Å². The molecule has 0 aliphatic carbocycles. The molecule has 2 N–H and O–H groups in total. The molecule has 0 bridgehead atoms. The van der Waals surface area contributed by atoms with Crippen LogP contribution in [-0.2, 0) is 4.74 Å². The van der Waals surface area contributed by atoms with Crippen molar-refractivity contribution >= 4 is 27.7 Å². The van der Waals surface area contributed by atoms with Gasteiger partial charge < -0.3 is 15.4 Å². The number of rotatable bonds is 6. The van der Waals surface area contributed by atoms with E-state index >= 15 is 0 Å². The van der Waals surface area contributed by atoms with E-state index in [1.54, 1.807) is 6.20 Å². The van der Waals surface area contributed by atoms with Crippen molar-refractivity contribution in [3.05, 3.63) is 10.7 Å². The smallest absolute Gasteiger partial charge is 0.224 e. The second-order valence-corrected chi connectivity index (χ2v) is 5.19. The van der Waals surface area contributed by atoms with Crippen LogP contribution in [0.2, 0.25) is 0 Å². The second kappa shape index (κ2) is 6.89. The van der Waals surface area contributed by atoms with Crippen molar-refractivity contribution in [2.24, 2.45) is 0 Å². The summed E-state index contributed by atoms with van der Waals surface area (Å²) in [6.45, 7) is 4.67. The number of hydrogen-bond donors (Lipinski definition) is 2. The molecule has 0 radical (unpaired) electrons. The number of nitrogens with zero attached hydrogens (tertiary/aromatic N) is 2. The lowest BCUT2D eigenvalue weighted by Gasteiger charge is -2.13. The first-order valence-corrected chi connectivity index (χ1v) is 7.20. The van der Waals surface area contributed by atoms with Gasteiger partial charge in [-0.05, 0) is 35.2 Å². The zero-order valence-electron chi connectivity index (χ0n) is 10.6. The molecule has 2 rings (SSSR count). The van der Waals surface area contributed by atoms with Gasteiger partial charge >= 0.3 is 0 Å². The highest BCUT2D eigenvalue weighted by molar-refractivity contribution is 9.10. The number of aromatic nitrogens is 2. The lowest BCUT2D eigenvalue weighted by atomic mass is 10.2. The highest BCUT2D eigenvalue weighted by Gasteiger charge is 2.15. The molecule has 100 valence electrons. The highest BCUT2D eigenvalue weighted by atomic mass is 79.9. The first-order valence-electron chi connectivity index (χ1n) is 6.41. The van der Waals surface area contributed by atoms with Gasteiger partial charge in [0.2, 0.25) is 5.95 Å². The van der Waals surface area contributed by atoms with Gasteiger partial charge in [-0.15, -0.1) is 0 Å². The Morgan fingerprint density at radius 3 is 3.11 bits per heavy atom. The fourth-order valence-electron chi connectivity index (χ4n) is 1.83. The van der Waals surface area contributed by atoms with E-state index in [9.17, 15) is 0 Å². The Labute approximate surface area is 116 Å². The van der Waals surface area contributed by atoms with Gasteiger partial charge in [0, 0.05) is 25.9 Å². The summed E-state index contributed by atoms with van der Waals surface area (Å²) in [5.74, 6) is 1.48. The van der Waals surface area contributed by atoms with Crippen molar-refractivity contribution in [2.75, 3.05) is 30.3 Å². The van der Waals surface area contributed by atoms with E-state index in [4.69, 9.17) is 4.74 Å². The minimum absolute atomic E-state index is 0.305. The standard InChI is InChI=1S/C12H19BrN4O/c1-2-5-14-12-16-8-10(13)11(17-12)15-7-9-4-3-6-18-9/h8-9H,2-7H2,1H3,(H2,14,15,16,17). The first-order chi connectivity index (χ1) is 8.79. The Hall–Kier alpha value is -0.880. The van der Waals surface area contributed by atoms with E-state index in [1.165, 1.54) is 0 Å². The molecule has 0 saturated carbocycles. The lowest BCUT2D eigenvalue weighted by Crippen LogP contribution is -2.19. The molecule has 0 spiro atoms. The predicted molar refractivity (Wildman–Crippen MR) is 76.0 cm³/mol. The summed E-state index contributed by atoms with van der Waals surface area (Å²) in [6.07, 6.45) is 5.40. The molecule has 6 heteroatoms. The van der Waals surface area contributed by atoms with Crippen LogP contribution in [0.25, 0.3) is 0 Å². The van der Waals surface area contributed by atoms with E-state index in [0.717, 1.165) is 49.2 Å². The molecule has 1 aliphatic rings. The summed E-state index contributed by atoms with van der Waals surface area (Å²) >= 11 is 3.45. The summed E-state index contributed by atoms with van der Waals surface area (Å²) in [5, 5.41) is 6.48. The van der Waals surface area contributed by atoms with Crippen LogP contribution in [0.1, 0.15) is 26.2 Å². The van der Waals surface area contributed by atoms with Gasteiger partial charge in [-0.25, -0.2) is 4.98 Å². The molecule has 5 nitrogen and oxygen atoms in total. The lowest BCUT2D eigenvalue weighted by molar-refractivity contribution is 0.120. The zero-order valence-corrected chi connectivity index (χ0v) is 12.2. The average molecular weight is 315 g/mol. The summed E-state index contributed by atoms with van der Waals surface area (Å²) in [7, 11) is 0. The van der Waals surface area contributed by atoms with Crippen LogP contribution < -0.4 is 10.6 Å². The number of anilines is 2. The van der Waals surface area contributed by atoms with E-state index in [-0.39, 0.29) is 0 Å². The summed E-state index contributed by atoms with van der Waals surface area (Å²) in [4.78, 5) is 8.65. The van der Waals surface area contributed by atoms with Crippen LogP contribution in [0.5, 0.6) is 0 Å². The SMILES string of the molecule is CCCNc1ncc(Br)c(NCC2CCCO2)n1. The maximum Gasteiger partial charge on any atom is 0.224 e. The average Bonchev–Trinajstić information content (AvgIpc) is 2.89. The minimum atomic E-state index is 0.305. The summed E-state index contributed by atoms with van der Waals surface area (Å²) in [5.41, 5.74) is 0. The highest BCUT2D eigenvalue weighted by Crippen LogP contribution is 2.21. The Morgan fingerprint density at radius 1 is 1.50 bits per heavy atom. The van der Waals surface area contributed by atoms with Gasteiger partial charge in [0.15, 0.2) is 0 Å². The molecule has 1 aliphatic heterocycles. The Balaban J connectivity index is 1.92. The summed E-state index contributed by atoms with van der Waals surface area (Å²) < 4.78 is 6.45. The van der Waals surface area contributed by atoms with E-state index in [0.29, 0.717) is 12.1 Å². The summed E-state index contributed by atoms with van der Waals surface area (Å²) in [6, 6.07) is 0. The first kappa shape index (κ1) is 13.5. The van der Waals surface area contributed by atoms with Gasteiger partial charge in [0.1, 0.15) is 5.82 Å². The maximum atomic E-state index is 5.57. The van der Waals surface area contributed by atoms with E-state index in [1.807, 2.05) is 0 Å². The van der Waals surface area contributed by atoms with Crippen molar-refractivity contribution in [3.63, 3.8) is 0 Å². The molecule has 18 heavy (non-hydrogen) atoms. The third kappa shape index (κ3) is 3.81. The minimum Gasteiger partial charge on any atom is -0.376 e. The third-order valence-electron chi connectivity index (χ3n) is 2.80. The van der Waals surface area contributed by atoms with Crippen LogP contribution in [0.3, 0.4) is 0 Å². The van der Waals surface area contributed by atoms with Crippen LogP contribution in [-0.4, -0.2) is 35.8 Å². The number of halogens is 1. The Bertz CT molecular complexity index is 382. The molecule has 0 amide bonds. The normalized spacial score (nSPS) is 18.9. The molecule has 0 aromatic carbocycles.